The third kappa shape index (κ3) is 29.6. The number of ether oxygens (including phenoxy) is 1. The number of carbonyl (C=O) groups is 3. The molecule has 266 valence electrons. The van der Waals surface area contributed by atoms with E-state index in [1.54, 1.807) is 0 Å². The molecule has 0 aliphatic heterocycles. The molecule has 0 rings (SSSR count). The lowest BCUT2D eigenvalue weighted by Gasteiger charge is -2.18. The van der Waals surface area contributed by atoms with E-state index >= 15 is 0 Å². The molecule has 11 nitrogen and oxygen atoms in total. The molecule has 0 aromatic heterocycles. The first-order valence-electron chi connectivity index (χ1n) is 17.6. The van der Waals surface area contributed by atoms with E-state index in [4.69, 9.17) is 13.8 Å². The van der Waals surface area contributed by atoms with Gasteiger partial charge in [-0.2, -0.15) is 0 Å². The molecule has 12 heteroatoms. The number of aliphatic hydroxyl groups is 1. The Hall–Kier alpha value is -1.52. The summed E-state index contributed by atoms with van der Waals surface area (Å²) in [6.45, 7) is 2.48. The van der Waals surface area contributed by atoms with Crippen LogP contribution in [0.25, 0.3) is 0 Å². The van der Waals surface area contributed by atoms with Crippen molar-refractivity contribution in [3.8, 4) is 0 Å². The van der Waals surface area contributed by atoms with Gasteiger partial charge in [0, 0.05) is 12.8 Å². The van der Waals surface area contributed by atoms with Crippen LogP contribution in [0, 0.1) is 0 Å². The van der Waals surface area contributed by atoms with E-state index in [1.165, 1.54) is 70.6 Å². The van der Waals surface area contributed by atoms with Crippen LogP contribution in [0.1, 0.15) is 162 Å². The van der Waals surface area contributed by atoms with Gasteiger partial charge in [0.05, 0.1) is 13.2 Å². The fraction of sp³-hybridized carbons (Fsp3) is 0.909. The van der Waals surface area contributed by atoms with E-state index in [1.807, 2.05) is 0 Å². The van der Waals surface area contributed by atoms with Gasteiger partial charge in [-0.1, -0.05) is 136 Å². The number of carboxylic acid groups (broad SMARTS) is 1. The zero-order valence-corrected chi connectivity index (χ0v) is 29.1. The number of hydrogen-bond acceptors (Lipinski definition) is 8. The summed E-state index contributed by atoms with van der Waals surface area (Å²) in [5.41, 5.74) is 0. The number of hydrogen-bond donors (Lipinski definition) is 4. The summed E-state index contributed by atoms with van der Waals surface area (Å²) in [6.07, 6.45) is 23.3. The van der Waals surface area contributed by atoms with Gasteiger partial charge >= 0.3 is 19.8 Å². The molecule has 45 heavy (non-hydrogen) atoms. The van der Waals surface area contributed by atoms with E-state index in [2.05, 4.69) is 19.2 Å². The molecule has 0 aliphatic carbocycles. The lowest BCUT2D eigenvalue weighted by Crippen LogP contribution is -2.43. The summed E-state index contributed by atoms with van der Waals surface area (Å²) < 4.78 is 26.6. The summed E-state index contributed by atoms with van der Waals surface area (Å²) in [6, 6.07) is -1.53. The van der Waals surface area contributed by atoms with Crippen LogP contribution in [-0.4, -0.2) is 64.9 Å². The van der Waals surface area contributed by atoms with E-state index in [9.17, 15) is 34.1 Å². The second-order valence-corrected chi connectivity index (χ2v) is 13.5. The van der Waals surface area contributed by atoms with Crippen LogP contribution in [0.5, 0.6) is 0 Å². The Labute approximate surface area is 272 Å². The molecule has 4 N–H and O–H groups in total. The second kappa shape index (κ2) is 29.9. The molecule has 0 aromatic carbocycles. The zero-order valence-electron chi connectivity index (χ0n) is 28.2. The minimum absolute atomic E-state index is 0.146. The van der Waals surface area contributed by atoms with Crippen LogP contribution in [-0.2, 0) is 32.7 Å². The smallest absolute Gasteiger partial charge is 0.472 e. The first-order valence-corrected chi connectivity index (χ1v) is 19.1. The highest BCUT2D eigenvalue weighted by Gasteiger charge is 2.28. The van der Waals surface area contributed by atoms with Crippen LogP contribution in [0.15, 0.2) is 0 Å². The average Bonchev–Trinajstić information content (AvgIpc) is 3.00. The van der Waals surface area contributed by atoms with Crippen LogP contribution >= 0.6 is 7.82 Å². The zero-order chi connectivity index (χ0) is 33.6. The van der Waals surface area contributed by atoms with Crippen molar-refractivity contribution >= 4 is 25.7 Å². The van der Waals surface area contributed by atoms with Crippen molar-refractivity contribution in [1.29, 1.82) is 0 Å². The second-order valence-electron chi connectivity index (χ2n) is 12.1. The van der Waals surface area contributed by atoms with Crippen molar-refractivity contribution in [2.45, 2.75) is 174 Å². The molecule has 0 spiro atoms. The summed E-state index contributed by atoms with van der Waals surface area (Å²) >= 11 is 0. The largest absolute Gasteiger partial charge is 0.480 e. The summed E-state index contributed by atoms with van der Waals surface area (Å²) in [7, 11) is -4.73. The van der Waals surface area contributed by atoms with E-state index in [0.717, 1.165) is 51.4 Å². The molecule has 0 aromatic rings. The molecule has 0 saturated carbocycles. The molecule has 0 aliphatic rings. The highest BCUT2D eigenvalue weighted by molar-refractivity contribution is 7.47. The normalized spacial score (nSPS) is 14.0. The van der Waals surface area contributed by atoms with Gasteiger partial charge in [0.1, 0.15) is 12.7 Å². The number of phosphoric acid groups is 1. The minimum Gasteiger partial charge on any atom is -0.480 e. The number of carbonyl (C=O) groups excluding carboxylic acids is 2. The fourth-order valence-corrected chi connectivity index (χ4v) is 5.62. The van der Waals surface area contributed by atoms with Crippen molar-refractivity contribution in [1.82, 2.24) is 5.32 Å². The van der Waals surface area contributed by atoms with Crippen molar-refractivity contribution in [2.24, 2.45) is 0 Å². The van der Waals surface area contributed by atoms with Crippen molar-refractivity contribution in [3.05, 3.63) is 0 Å². The number of carboxylic acids is 1. The van der Waals surface area contributed by atoms with Gasteiger partial charge in [-0.15, -0.1) is 0 Å². The number of phosphoric ester groups is 1. The molecule has 0 heterocycles. The quantitative estimate of drug-likeness (QED) is 0.0311. The van der Waals surface area contributed by atoms with Gasteiger partial charge in [0.2, 0.25) is 5.91 Å². The SMILES string of the molecule is CCCCCCCCCCCCCCCCCC(=O)OCC(O)COP(=O)(O)OCC(NC(=O)CCCCCCCC)C(=O)O. The lowest BCUT2D eigenvalue weighted by molar-refractivity contribution is -0.147. The molecule has 3 atom stereocenters. The Morgan fingerprint density at radius 3 is 1.47 bits per heavy atom. The predicted molar refractivity (Wildman–Crippen MR) is 176 cm³/mol. The van der Waals surface area contributed by atoms with Gasteiger partial charge < -0.3 is 25.2 Å². The molecular weight excluding hydrogens is 601 g/mol. The maximum Gasteiger partial charge on any atom is 0.472 e. The molecule has 1 amide bonds. The Morgan fingerprint density at radius 1 is 0.622 bits per heavy atom. The van der Waals surface area contributed by atoms with Gasteiger partial charge in [-0.05, 0) is 12.8 Å². The molecule has 3 unspecified atom stereocenters. The first-order chi connectivity index (χ1) is 21.6. The summed E-state index contributed by atoms with van der Waals surface area (Å²) in [5, 5.41) is 21.6. The number of amides is 1. The Balaban J connectivity index is 3.89. The molecule has 0 fully saturated rings. The van der Waals surface area contributed by atoms with Gasteiger partial charge in [0.15, 0.2) is 6.04 Å². The maximum atomic E-state index is 12.1. The maximum absolute atomic E-state index is 12.1. The third-order valence-corrected chi connectivity index (χ3v) is 8.60. The first kappa shape index (κ1) is 43.5. The standard InChI is InChI=1S/C33H64NO10P/c1-3-5-7-9-11-12-13-14-15-16-17-18-19-21-23-25-32(37)42-26-29(35)27-43-45(40,41)44-28-30(33(38)39)34-31(36)24-22-20-10-8-6-4-2/h29-30,35H,3-28H2,1-2H3,(H,34,36)(H,38,39)(H,40,41). The number of nitrogens with one attached hydrogen (secondary N) is 1. The highest BCUT2D eigenvalue weighted by atomic mass is 31.2. The Kier molecular flexibility index (Phi) is 28.8. The van der Waals surface area contributed by atoms with Gasteiger partial charge in [0.25, 0.3) is 0 Å². The number of aliphatic hydroxyl groups excluding tert-OH is 1. The van der Waals surface area contributed by atoms with Crippen molar-refractivity contribution < 1.29 is 47.8 Å². The molecular formula is C33H64NO10P. The molecule has 0 saturated heterocycles. The van der Waals surface area contributed by atoms with E-state index < -0.39 is 57.6 Å². The summed E-state index contributed by atoms with van der Waals surface area (Å²) in [5.74, 6) is -2.38. The van der Waals surface area contributed by atoms with E-state index in [0.29, 0.717) is 12.8 Å². The summed E-state index contributed by atoms with van der Waals surface area (Å²) in [4.78, 5) is 45.3. The number of esters is 1. The van der Waals surface area contributed by atoms with Crippen molar-refractivity contribution in [2.75, 3.05) is 19.8 Å². The lowest BCUT2D eigenvalue weighted by atomic mass is 10.0. The fourth-order valence-electron chi connectivity index (χ4n) is 4.84. The monoisotopic (exact) mass is 665 g/mol. The molecule has 0 bridgehead atoms. The number of unbranched alkanes of at least 4 members (excludes halogenated alkanes) is 19. The van der Waals surface area contributed by atoms with Crippen molar-refractivity contribution in [3.63, 3.8) is 0 Å². The van der Waals surface area contributed by atoms with Crippen LogP contribution in [0.2, 0.25) is 0 Å². The highest BCUT2D eigenvalue weighted by Crippen LogP contribution is 2.43. The number of aliphatic carboxylic acids is 1. The average molecular weight is 666 g/mol. The number of rotatable bonds is 33. The van der Waals surface area contributed by atoms with Gasteiger partial charge in [-0.25, -0.2) is 9.36 Å². The van der Waals surface area contributed by atoms with Gasteiger partial charge in [-0.3, -0.25) is 18.6 Å². The van der Waals surface area contributed by atoms with Crippen LogP contribution in [0.3, 0.4) is 0 Å². The predicted octanol–water partition coefficient (Wildman–Crippen LogP) is 7.61. The Bertz CT molecular complexity index is 797. The third-order valence-electron chi connectivity index (χ3n) is 7.65. The Morgan fingerprint density at radius 2 is 1.02 bits per heavy atom. The topological polar surface area (TPSA) is 169 Å². The van der Waals surface area contributed by atoms with Crippen LogP contribution in [0.4, 0.5) is 0 Å². The molecule has 0 radical (unpaired) electrons. The van der Waals surface area contributed by atoms with Crippen LogP contribution < -0.4 is 5.32 Å². The minimum atomic E-state index is -4.73. The van der Waals surface area contributed by atoms with E-state index in [-0.39, 0.29) is 12.8 Å².